The largest absolute Gasteiger partial charge is 0.208 e. The lowest BCUT2D eigenvalue weighted by molar-refractivity contribution is 1.08. The molecule has 0 unspecified atom stereocenters. The summed E-state index contributed by atoms with van der Waals surface area (Å²) in [6.07, 6.45) is 0. The van der Waals surface area contributed by atoms with Crippen molar-refractivity contribution >= 4 is 178 Å². The second kappa shape index (κ2) is 15.5. The van der Waals surface area contributed by atoms with Crippen LogP contribution >= 0.6 is 11.3 Å². The maximum Gasteiger partial charge on any atom is 0.164 e. The third kappa shape index (κ3) is 6.48. The minimum atomic E-state index is 0.0337. The van der Waals surface area contributed by atoms with Gasteiger partial charge in [0.2, 0.25) is 0 Å². The molecule has 15 heteroatoms. The van der Waals surface area contributed by atoms with Gasteiger partial charge in [0.25, 0.3) is 0 Å². The van der Waals surface area contributed by atoms with Crippen molar-refractivity contribution in [2.75, 3.05) is 0 Å². The van der Waals surface area contributed by atoms with Gasteiger partial charge in [-0.3, -0.25) is 0 Å². The topological polar surface area (TPSA) is 38.7 Å². The summed E-state index contributed by atoms with van der Waals surface area (Å²) in [5.74, 6) is 0.976. The smallest absolute Gasteiger partial charge is 0.164 e. The van der Waals surface area contributed by atoms with E-state index in [1.54, 1.807) is 0 Å². The predicted octanol–water partition coefficient (Wildman–Crippen LogP) is -1.03. The quantitative estimate of drug-likeness (QED) is 0.205. The van der Waals surface area contributed by atoms with Crippen molar-refractivity contribution in [2.45, 2.75) is 0 Å². The van der Waals surface area contributed by atoms with Crippen LogP contribution in [0.3, 0.4) is 0 Å². The molecule has 2 aromatic heterocycles. The SMILES string of the molecule is [B]c1c([B])c([B])c(-c2c([B])c([B])c3c(sc4c([B])c([B])c(-c5nc(-c6ccc(-c7ccccc7)cc6)nc(-c6cccc(-c7ccccc7)c6)n5)c([B])c43)c2[B])c([B])c1[B]. The third-order valence-corrected chi connectivity index (χ3v) is 12.1. The lowest BCUT2D eigenvalue weighted by Crippen LogP contribution is -2.56. The van der Waals surface area contributed by atoms with Crippen LogP contribution in [0.4, 0.5) is 0 Å². The summed E-state index contributed by atoms with van der Waals surface area (Å²) in [5, 5.41) is 0.924. The number of rotatable bonds is 6. The number of thiophene rings is 1. The lowest BCUT2D eigenvalue weighted by Gasteiger charge is -2.26. The molecule has 0 saturated heterocycles. The van der Waals surface area contributed by atoms with Crippen LogP contribution in [-0.2, 0) is 0 Å². The van der Waals surface area contributed by atoms with Crippen molar-refractivity contribution in [3.8, 4) is 67.5 Å². The van der Waals surface area contributed by atoms with Crippen molar-refractivity contribution in [1.82, 2.24) is 15.0 Å². The normalized spacial score (nSPS) is 11.4. The Kier molecular flexibility index (Phi) is 10.3. The molecule has 22 radical (unpaired) electrons. The van der Waals surface area contributed by atoms with Crippen LogP contribution in [0.15, 0.2) is 109 Å². The van der Waals surface area contributed by atoms with Gasteiger partial charge in [-0.1, -0.05) is 147 Å². The number of hydrogen-bond donors (Lipinski definition) is 0. The Bertz CT molecular complexity index is 3180. The molecule has 9 aromatic rings. The Morgan fingerprint density at radius 1 is 0.283 bits per heavy atom. The fraction of sp³-hybridized carbons (Fsp3) is 0. The van der Waals surface area contributed by atoms with E-state index >= 15 is 0 Å². The van der Waals surface area contributed by atoms with Gasteiger partial charge in [-0.2, -0.15) is 0 Å². The van der Waals surface area contributed by atoms with Gasteiger partial charge in [-0.25, -0.2) is 15.0 Å². The molecule has 0 amide bonds. The highest BCUT2D eigenvalue weighted by atomic mass is 32.1. The van der Waals surface area contributed by atoms with E-state index in [1.165, 1.54) is 11.3 Å². The number of hydrogen-bond acceptors (Lipinski definition) is 4. The average Bonchev–Trinajstić information content (AvgIpc) is 3.70. The second-order valence-corrected chi connectivity index (χ2v) is 15.4. The van der Waals surface area contributed by atoms with E-state index in [4.69, 9.17) is 101 Å². The fourth-order valence-corrected chi connectivity index (χ4v) is 8.93. The van der Waals surface area contributed by atoms with E-state index in [9.17, 15) is 0 Å². The summed E-state index contributed by atoms with van der Waals surface area (Å²) in [6, 6.07) is 36.1. The van der Waals surface area contributed by atoms with E-state index in [2.05, 4.69) is 12.1 Å². The summed E-state index contributed by atoms with van der Waals surface area (Å²) in [6.45, 7) is 0. The summed E-state index contributed by atoms with van der Waals surface area (Å²) in [4.78, 5) is 15.0. The highest BCUT2D eigenvalue weighted by molar-refractivity contribution is 7.28. The molecule has 9 rings (SSSR count). The monoisotopic (exact) mass is 753 g/mol. The Balaban J connectivity index is 1.29. The van der Waals surface area contributed by atoms with Gasteiger partial charge in [0, 0.05) is 26.1 Å². The number of fused-ring (bicyclic) bond motifs is 3. The zero-order chi connectivity index (χ0) is 42.1. The number of benzene rings is 7. The van der Waals surface area contributed by atoms with Crippen LogP contribution in [0.5, 0.6) is 0 Å². The van der Waals surface area contributed by atoms with Crippen LogP contribution in [0.1, 0.15) is 0 Å². The molecule has 0 saturated carbocycles. The molecule has 0 atom stereocenters. The molecular formula is C45H18B11N3S. The summed E-state index contributed by atoms with van der Waals surface area (Å²) in [5.41, 5.74) is 7.56. The van der Waals surface area contributed by atoms with Crippen LogP contribution in [0, 0.1) is 0 Å². The maximum atomic E-state index is 7.16. The van der Waals surface area contributed by atoms with Crippen molar-refractivity contribution in [3.05, 3.63) is 109 Å². The van der Waals surface area contributed by atoms with Crippen LogP contribution in [-0.4, -0.2) is 101 Å². The van der Waals surface area contributed by atoms with Gasteiger partial charge < -0.3 is 0 Å². The first-order valence-corrected chi connectivity index (χ1v) is 19.5. The van der Waals surface area contributed by atoms with E-state index in [0.29, 0.717) is 31.8 Å². The van der Waals surface area contributed by atoms with Crippen molar-refractivity contribution in [2.24, 2.45) is 0 Å². The van der Waals surface area contributed by atoms with Gasteiger partial charge in [0.1, 0.15) is 86.3 Å². The van der Waals surface area contributed by atoms with E-state index in [1.807, 2.05) is 97.1 Å². The minimum Gasteiger partial charge on any atom is -0.208 e. The molecule has 0 bridgehead atoms. The highest BCUT2D eigenvalue weighted by Crippen LogP contribution is 2.33. The molecule has 0 aliphatic rings. The van der Waals surface area contributed by atoms with Gasteiger partial charge in [0.05, 0.1) is 0 Å². The summed E-state index contributed by atoms with van der Waals surface area (Å²) < 4.78 is 1.03. The highest BCUT2D eigenvalue weighted by Gasteiger charge is 2.25. The summed E-state index contributed by atoms with van der Waals surface area (Å²) >= 11 is 1.23. The molecule has 0 N–H and O–H groups in total. The van der Waals surface area contributed by atoms with E-state index in [0.717, 1.165) is 33.4 Å². The Labute approximate surface area is 367 Å². The maximum absolute atomic E-state index is 7.16. The zero-order valence-corrected chi connectivity index (χ0v) is 32.8. The molecule has 0 aliphatic heterocycles. The van der Waals surface area contributed by atoms with Crippen molar-refractivity contribution in [3.63, 3.8) is 0 Å². The predicted molar refractivity (Wildman–Crippen MR) is 265 cm³/mol. The fourth-order valence-electron chi connectivity index (χ4n) is 7.67. The lowest BCUT2D eigenvalue weighted by atomic mass is 9.57. The third-order valence-electron chi connectivity index (χ3n) is 10.9. The molecular weight excluding hydrogens is 734 g/mol. The second-order valence-electron chi connectivity index (χ2n) is 14.4. The molecule has 7 aromatic carbocycles. The molecule has 60 heavy (non-hydrogen) atoms. The molecule has 0 spiro atoms. The minimum absolute atomic E-state index is 0.0337. The van der Waals surface area contributed by atoms with E-state index in [-0.39, 0.29) is 82.6 Å². The first-order valence-electron chi connectivity index (χ1n) is 18.6. The Hall–Kier alpha value is -5.52. The van der Waals surface area contributed by atoms with Crippen molar-refractivity contribution < 1.29 is 0 Å². The molecule has 252 valence electrons. The standard InChI is InChI=1S/C45H18B11N3S/c46-30-27-28-34(50)31(47)26(25-32(48)37(53)39(55)38(54)33(25)49)36(52)41(28)60-42(27)40(56)35(51)29(30)45-58-43(22-16-14-21(15-17-22)19-8-3-1-4-9-19)57-44(59-45)24-13-7-12-23(18-24)20-10-5-2-6-11-20/h1-18H. The number of nitrogens with zero attached hydrogens (tertiary/aromatic N) is 3. The molecule has 2 heterocycles. The van der Waals surface area contributed by atoms with Gasteiger partial charge in [0.15, 0.2) is 17.5 Å². The first-order chi connectivity index (χ1) is 28.8. The van der Waals surface area contributed by atoms with Crippen LogP contribution in [0.2, 0.25) is 0 Å². The molecule has 0 fully saturated rings. The van der Waals surface area contributed by atoms with Crippen LogP contribution in [0.25, 0.3) is 87.7 Å². The summed E-state index contributed by atoms with van der Waals surface area (Å²) in [7, 11) is 73.0. The van der Waals surface area contributed by atoms with Crippen molar-refractivity contribution in [1.29, 1.82) is 0 Å². The average molecular weight is 752 g/mol. The molecule has 0 aliphatic carbocycles. The first kappa shape index (κ1) is 39.9. The Morgan fingerprint density at radius 2 is 0.683 bits per heavy atom. The van der Waals surface area contributed by atoms with Gasteiger partial charge in [-0.05, 0) is 50.2 Å². The van der Waals surface area contributed by atoms with Crippen LogP contribution < -0.4 is 60.1 Å². The Morgan fingerprint density at radius 3 is 1.30 bits per heavy atom. The number of aromatic nitrogens is 3. The molecule has 3 nitrogen and oxygen atoms in total. The van der Waals surface area contributed by atoms with Gasteiger partial charge >= 0.3 is 0 Å². The van der Waals surface area contributed by atoms with Gasteiger partial charge in [-0.15, -0.1) is 27.7 Å². The van der Waals surface area contributed by atoms with E-state index < -0.39 is 0 Å². The zero-order valence-electron chi connectivity index (χ0n) is 32.0.